The van der Waals surface area contributed by atoms with Crippen molar-refractivity contribution < 1.29 is 8.98 Å². The summed E-state index contributed by atoms with van der Waals surface area (Å²) in [6, 6.07) is 15.1. The van der Waals surface area contributed by atoms with Crippen molar-refractivity contribution in [3.8, 4) is 11.3 Å². The Balaban J connectivity index is 2.13. The molecule has 0 fully saturated rings. The molecule has 2 nitrogen and oxygen atoms in total. The molecular formula is C21H20NO+. The molecule has 2 heteroatoms. The van der Waals surface area contributed by atoms with E-state index in [1.54, 1.807) is 0 Å². The monoisotopic (exact) mass is 302 g/mol. The zero-order valence-electron chi connectivity index (χ0n) is 14.0. The molecule has 0 aliphatic rings. The van der Waals surface area contributed by atoms with E-state index in [1.807, 2.05) is 0 Å². The number of rotatable bonds is 1. The Bertz CT molecular complexity index is 1060. The van der Waals surface area contributed by atoms with Crippen LogP contribution in [-0.4, -0.2) is 0 Å². The fourth-order valence-corrected chi connectivity index (χ4v) is 3.37. The second kappa shape index (κ2) is 4.95. The summed E-state index contributed by atoms with van der Waals surface area (Å²) >= 11 is 0. The maximum Gasteiger partial charge on any atom is 0.216 e. The molecule has 0 bridgehead atoms. The van der Waals surface area contributed by atoms with E-state index in [0.29, 0.717) is 0 Å². The Morgan fingerprint density at radius 1 is 0.826 bits per heavy atom. The molecule has 23 heavy (non-hydrogen) atoms. The van der Waals surface area contributed by atoms with E-state index in [4.69, 9.17) is 4.42 Å². The molecule has 0 amide bonds. The van der Waals surface area contributed by atoms with Crippen LogP contribution in [0.15, 0.2) is 53.1 Å². The van der Waals surface area contributed by atoms with Crippen LogP contribution < -0.4 is 4.57 Å². The molecule has 2 aromatic carbocycles. The highest BCUT2D eigenvalue weighted by molar-refractivity contribution is 6.09. The Labute approximate surface area is 136 Å². The fraction of sp³-hybridized carbons (Fsp3) is 0.190. The molecule has 2 aromatic heterocycles. The fourth-order valence-electron chi connectivity index (χ4n) is 3.37. The second-order valence-electron chi connectivity index (χ2n) is 6.44. The van der Waals surface area contributed by atoms with E-state index in [9.17, 15) is 0 Å². The number of aryl methyl sites for hydroxylation is 4. The standard InChI is InChI=1S/C21H20NO/c1-13-5-8-16-17-9-7-15(3)20(21(17)23-19(16)11-13)18-10-6-14(2)12-22(18)4/h5-12H,1-4H3/q+1. The van der Waals surface area contributed by atoms with Crippen LogP contribution in [-0.2, 0) is 7.05 Å². The summed E-state index contributed by atoms with van der Waals surface area (Å²) in [6.07, 6.45) is 2.15. The number of nitrogens with zero attached hydrogens (tertiary/aromatic N) is 1. The van der Waals surface area contributed by atoms with Gasteiger partial charge in [0.15, 0.2) is 6.20 Å². The highest BCUT2D eigenvalue weighted by atomic mass is 16.3. The van der Waals surface area contributed by atoms with Gasteiger partial charge in [-0.3, -0.25) is 0 Å². The number of hydrogen-bond donors (Lipinski definition) is 0. The molecule has 2 heterocycles. The second-order valence-corrected chi connectivity index (χ2v) is 6.44. The van der Waals surface area contributed by atoms with Crippen molar-refractivity contribution in [2.45, 2.75) is 20.8 Å². The third-order valence-electron chi connectivity index (χ3n) is 4.54. The van der Waals surface area contributed by atoms with Crippen LogP contribution in [0.3, 0.4) is 0 Å². The number of aromatic nitrogens is 1. The van der Waals surface area contributed by atoms with Crippen LogP contribution in [0, 0.1) is 20.8 Å². The third-order valence-corrected chi connectivity index (χ3v) is 4.54. The first kappa shape index (κ1) is 14.0. The van der Waals surface area contributed by atoms with Gasteiger partial charge in [0.1, 0.15) is 18.2 Å². The lowest BCUT2D eigenvalue weighted by Gasteiger charge is -2.05. The van der Waals surface area contributed by atoms with Crippen LogP contribution in [0.5, 0.6) is 0 Å². The van der Waals surface area contributed by atoms with Gasteiger partial charge >= 0.3 is 0 Å². The molecule has 114 valence electrons. The Morgan fingerprint density at radius 3 is 2.35 bits per heavy atom. The van der Waals surface area contributed by atoms with Crippen LogP contribution in [0.25, 0.3) is 33.2 Å². The van der Waals surface area contributed by atoms with Gasteiger partial charge in [-0.2, -0.15) is 0 Å². The quantitative estimate of drug-likeness (QED) is 0.452. The highest BCUT2D eigenvalue weighted by Gasteiger charge is 2.20. The van der Waals surface area contributed by atoms with Crippen molar-refractivity contribution >= 4 is 21.9 Å². The summed E-state index contributed by atoms with van der Waals surface area (Å²) in [5.74, 6) is 0. The van der Waals surface area contributed by atoms with Gasteiger partial charge in [0.05, 0.1) is 5.56 Å². The Morgan fingerprint density at radius 2 is 1.57 bits per heavy atom. The molecule has 0 unspecified atom stereocenters. The van der Waals surface area contributed by atoms with E-state index < -0.39 is 0 Å². The van der Waals surface area contributed by atoms with Gasteiger partial charge in [-0.15, -0.1) is 0 Å². The van der Waals surface area contributed by atoms with Gasteiger partial charge in [-0.1, -0.05) is 24.3 Å². The molecule has 0 saturated carbocycles. The number of fused-ring (bicyclic) bond motifs is 3. The number of benzene rings is 2. The minimum absolute atomic E-state index is 0.960. The lowest BCUT2D eigenvalue weighted by Crippen LogP contribution is -2.31. The predicted molar refractivity (Wildman–Crippen MR) is 94.5 cm³/mol. The van der Waals surface area contributed by atoms with Crippen molar-refractivity contribution in [1.29, 1.82) is 0 Å². The largest absolute Gasteiger partial charge is 0.455 e. The van der Waals surface area contributed by atoms with E-state index in [-0.39, 0.29) is 0 Å². The Kier molecular flexibility index (Phi) is 3.02. The Hall–Kier alpha value is -2.61. The van der Waals surface area contributed by atoms with Crippen molar-refractivity contribution in [3.63, 3.8) is 0 Å². The van der Waals surface area contributed by atoms with Gasteiger partial charge in [0.25, 0.3) is 0 Å². The van der Waals surface area contributed by atoms with Crippen LogP contribution in [0.1, 0.15) is 16.7 Å². The number of hydrogen-bond acceptors (Lipinski definition) is 1. The van der Waals surface area contributed by atoms with E-state index in [1.165, 1.54) is 38.7 Å². The smallest absolute Gasteiger partial charge is 0.216 e. The first-order valence-corrected chi connectivity index (χ1v) is 7.94. The molecule has 0 N–H and O–H groups in total. The zero-order valence-corrected chi connectivity index (χ0v) is 14.0. The summed E-state index contributed by atoms with van der Waals surface area (Å²) in [4.78, 5) is 0. The van der Waals surface area contributed by atoms with Gasteiger partial charge in [-0.25, -0.2) is 4.57 Å². The van der Waals surface area contributed by atoms with Crippen molar-refractivity contribution in [2.24, 2.45) is 7.05 Å². The maximum absolute atomic E-state index is 6.27. The lowest BCUT2D eigenvalue weighted by atomic mass is 10.00. The SMILES string of the molecule is Cc1ccc2c(c1)oc1c(-c3ccc(C)c[n+]3C)c(C)ccc12. The third kappa shape index (κ3) is 2.14. The van der Waals surface area contributed by atoms with Crippen LogP contribution in [0.4, 0.5) is 0 Å². The van der Waals surface area contributed by atoms with Crippen LogP contribution >= 0.6 is 0 Å². The average molecular weight is 302 g/mol. The first-order valence-electron chi connectivity index (χ1n) is 7.94. The van der Waals surface area contributed by atoms with Gasteiger partial charge in [-0.05, 0) is 44.0 Å². The van der Waals surface area contributed by atoms with Gasteiger partial charge in [0, 0.05) is 22.4 Å². The molecule has 0 spiro atoms. The maximum atomic E-state index is 6.27. The number of pyridine rings is 1. The minimum atomic E-state index is 0.960. The average Bonchev–Trinajstić information content (AvgIpc) is 2.85. The first-order chi connectivity index (χ1) is 11.0. The van der Waals surface area contributed by atoms with E-state index in [0.717, 1.165) is 11.2 Å². The predicted octanol–water partition coefficient (Wildman–Crippen LogP) is 5.00. The lowest BCUT2D eigenvalue weighted by molar-refractivity contribution is -0.660. The summed E-state index contributed by atoms with van der Waals surface area (Å²) in [7, 11) is 2.09. The molecular weight excluding hydrogens is 282 g/mol. The summed E-state index contributed by atoms with van der Waals surface area (Å²) < 4.78 is 8.45. The van der Waals surface area contributed by atoms with Crippen molar-refractivity contribution in [1.82, 2.24) is 0 Å². The number of furan rings is 1. The zero-order chi connectivity index (χ0) is 16.1. The normalized spacial score (nSPS) is 11.5. The molecule has 0 atom stereocenters. The molecule has 0 aliphatic heterocycles. The summed E-state index contributed by atoms with van der Waals surface area (Å²) in [6.45, 7) is 6.35. The van der Waals surface area contributed by atoms with Crippen LogP contribution in [0.2, 0.25) is 0 Å². The molecule has 0 aliphatic carbocycles. The highest BCUT2D eigenvalue weighted by Crippen LogP contribution is 2.37. The van der Waals surface area contributed by atoms with E-state index >= 15 is 0 Å². The molecule has 0 radical (unpaired) electrons. The topological polar surface area (TPSA) is 17.0 Å². The molecule has 4 aromatic rings. The van der Waals surface area contributed by atoms with Crippen molar-refractivity contribution in [2.75, 3.05) is 0 Å². The van der Waals surface area contributed by atoms with Gasteiger partial charge < -0.3 is 4.42 Å². The van der Waals surface area contributed by atoms with E-state index in [2.05, 4.69) is 81.0 Å². The summed E-state index contributed by atoms with van der Waals surface area (Å²) in [5.41, 5.74) is 7.99. The van der Waals surface area contributed by atoms with Crippen molar-refractivity contribution in [3.05, 3.63) is 65.4 Å². The minimum Gasteiger partial charge on any atom is -0.455 e. The molecule has 0 saturated heterocycles. The summed E-state index contributed by atoms with van der Waals surface area (Å²) in [5, 5.41) is 2.36. The van der Waals surface area contributed by atoms with Gasteiger partial charge in [0.2, 0.25) is 5.69 Å². The molecule has 4 rings (SSSR count).